The molecule has 15 heavy (non-hydrogen) atoms. The topological polar surface area (TPSA) is 3.24 Å². The predicted octanol–water partition coefficient (Wildman–Crippen LogP) is 3.93. The summed E-state index contributed by atoms with van der Waals surface area (Å²) in [6, 6.07) is 0. The van der Waals surface area contributed by atoms with Crippen LogP contribution in [0.15, 0.2) is 0 Å². The molecule has 1 saturated heterocycles. The van der Waals surface area contributed by atoms with E-state index in [4.69, 9.17) is 0 Å². The standard InChI is InChI=1S/C14H29N/c1-4-5-6-7-8-9-10-15-11-14(12-15)13(2)3/h13-14H,4-12H2,1-3H3. The van der Waals surface area contributed by atoms with Gasteiger partial charge in [-0.05, 0) is 24.8 Å². The molecule has 1 aliphatic heterocycles. The zero-order valence-electron chi connectivity index (χ0n) is 11.0. The minimum absolute atomic E-state index is 0.894. The van der Waals surface area contributed by atoms with Gasteiger partial charge in [0.05, 0.1) is 0 Å². The van der Waals surface area contributed by atoms with Crippen molar-refractivity contribution in [1.29, 1.82) is 0 Å². The van der Waals surface area contributed by atoms with Crippen molar-refractivity contribution in [3.8, 4) is 0 Å². The summed E-state index contributed by atoms with van der Waals surface area (Å²) in [4.78, 5) is 2.63. The molecule has 1 rings (SSSR count). The van der Waals surface area contributed by atoms with E-state index in [0.717, 1.165) is 11.8 Å². The molecule has 0 aliphatic carbocycles. The van der Waals surface area contributed by atoms with E-state index < -0.39 is 0 Å². The van der Waals surface area contributed by atoms with Gasteiger partial charge < -0.3 is 4.90 Å². The Hall–Kier alpha value is -0.0400. The van der Waals surface area contributed by atoms with E-state index in [2.05, 4.69) is 25.7 Å². The van der Waals surface area contributed by atoms with Crippen molar-refractivity contribution in [3.05, 3.63) is 0 Å². The van der Waals surface area contributed by atoms with Gasteiger partial charge in [-0.2, -0.15) is 0 Å². The van der Waals surface area contributed by atoms with E-state index in [1.807, 2.05) is 0 Å². The molecule has 0 spiro atoms. The van der Waals surface area contributed by atoms with Gasteiger partial charge >= 0.3 is 0 Å². The Bertz CT molecular complexity index is 147. The fourth-order valence-electron chi connectivity index (χ4n) is 2.33. The van der Waals surface area contributed by atoms with Gasteiger partial charge in [0.2, 0.25) is 0 Å². The third kappa shape index (κ3) is 5.01. The predicted molar refractivity (Wildman–Crippen MR) is 68.1 cm³/mol. The summed E-state index contributed by atoms with van der Waals surface area (Å²) >= 11 is 0. The second kappa shape index (κ2) is 7.27. The molecule has 0 aromatic carbocycles. The lowest BCUT2D eigenvalue weighted by molar-refractivity contribution is 0.0670. The molecule has 0 saturated carbocycles. The van der Waals surface area contributed by atoms with Crippen molar-refractivity contribution in [2.24, 2.45) is 11.8 Å². The number of hydrogen-bond acceptors (Lipinski definition) is 1. The summed E-state index contributed by atoms with van der Waals surface area (Å²) in [5.41, 5.74) is 0. The zero-order chi connectivity index (χ0) is 11.1. The van der Waals surface area contributed by atoms with Crippen LogP contribution in [0, 0.1) is 11.8 Å². The van der Waals surface area contributed by atoms with E-state index in [1.165, 1.54) is 58.2 Å². The van der Waals surface area contributed by atoms with E-state index in [0.29, 0.717) is 0 Å². The highest BCUT2D eigenvalue weighted by molar-refractivity contribution is 4.81. The van der Waals surface area contributed by atoms with Crippen LogP contribution in [0.5, 0.6) is 0 Å². The number of unbranched alkanes of at least 4 members (excludes halogenated alkanes) is 5. The van der Waals surface area contributed by atoms with Gasteiger partial charge in [-0.25, -0.2) is 0 Å². The van der Waals surface area contributed by atoms with Crippen LogP contribution >= 0.6 is 0 Å². The molecular formula is C14H29N. The van der Waals surface area contributed by atoms with Crippen LogP contribution in [0.1, 0.15) is 59.3 Å². The second-order valence-corrected chi connectivity index (χ2v) is 5.53. The molecule has 0 N–H and O–H groups in total. The zero-order valence-corrected chi connectivity index (χ0v) is 11.0. The monoisotopic (exact) mass is 211 g/mol. The number of likely N-dealkylation sites (tertiary alicyclic amines) is 1. The summed E-state index contributed by atoms with van der Waals surface area (Å²) in [5, 5.41) is 0. The quantitative estimate of drug-likeness (QED) is 0.550. The fraction of sp³-hybridized carbons (Fsp3) is 1.00. The first-order chi connectivity index (χ1) is 7.24. The van der Waals surface area contributed by atoms with E-state index in [9.17, 15) is 0 Å². The van der Waals surface area contributed by atoms with Crippen LogP contribution < -0.4 is 0 Å². The van der Waals surface area contributed by atoms with Gasteiger partial charge in [0.1, 0.15) is 0 Å². The Kier molecular flexibility index (Phi) is 6.31. The summed E-state index contributed by atoms with van der Waals surface area (Å²) in [6.45, 7) is 11.1. The molecule has 1 fully saturated rings. The number of hydrogen-bond donors (Lipinski definition) is 0. The first kappa shape index (κ1) is 13.0. The van der Waals surface area contributed by atoms with Crippen molar-refractivity contribution in [1.82, 2.24) is 4.90 Å². The minimum Gasteiger partial charge on any atom is -0.303 e. The van der Waals surface area contributed by atoms with Crippen LogP contribution in [-0.2, 0) is 0 Å². The van der Waals surface area contributed by atoms with Gasteiger partial charge in [-0.3, -0.25) is 0 Å². The third-order valence-electron chi connectivity index (χ3n) is 3.76. The molecule has 1 nitrogen and oxygen atoms in total. The second-order valence-electron chi connectivity index (χ2n) is 5.53. The SMILES string of the molecule is CCCCCCCCN1CC(C(C)C)C1. The number of nitrogens with zero attached hydrogens (tertiary/aromatic N) is 1. The maximum atomic E-state index is 2.63. The Morgan fingerprint density at radius 2 is 1.60 bits per heavy atom. The molecule has 1 heterocycles. The summed E-state index contributed by atoms with van der Waals surface area (Å²) < 4.78 is 0. The highest BCUT2D eigenvalue weighted by Gasteiger charge is 2.27. The highest BCUT2D eigenvalue weighted by atomic mass is 15.2. The fourth-order valence-corrected chi connectivity index (χ4v) is 2.33. The molecule has 0 amide bonds. The average Bonchev–Trinajstić information content (AvgIpc) is 2.12. The van der Waals surface area contributed by atoms with Crippen LogP contribution in [0.3, 0.4) is 0 Å². The summed E-state index contributed by atoms with van der Waals surface area (Å²) in [7, 11) is 0. The lowest BCUT2D eigenvalue weighted by Crippen LogP contribution is -2.49. The largest absolute Gasteiger partial charge is 0.303 e. The van der Waals surface area contributed by atoms with Crippen LogP contribution in [0.25, 0.3) is 0 Å². The summed E-state index contributed by atoms with van der Waals surface area (Å²) in [5.74, 6) is 1.89. The molecule has 0 unspecified atom stereocenters. The normalized spacial score (nSPS) is 18.4. The van der Waals surface area contributed by atoms with Gasteiger partial charge in [0.15, 0.2) is 0 Å². The molecule has 0 radical (unpaired) electrons. The van der Waals surface area contributed by atoms with Gasteiger partial charge in [-0.15, -0.1) is 0 Å². The molecule has 1 heteroatoms. The molecular weight excluding hydrogens is 182 g/mol. The average molecular weight is 211 g/mol. The molecule has 1 aliphatic rings. The maximum absolute atomic E-state index is 2.63. The van der Waals surface area contributed by atoms with Crippen LogP contribution in [0.4, 0.5) is 0 Å². The van der Waals surface area contributed by atoms with Gasteiger partial charge in [0, 0.05) is 13.1 Å². The Labute approximate surface area is 96.2 Å². The van der Waals surface area contributed by atoms with Crippen molar-refractivity contribution < 1.29 is 0 Å². The highest BCUT2D eigenvalue weighted by Crippen LogP contribution is 2.23. The Balaban J connectivity index is 1.82. The maximum Gasteiger partial charge on any atom is 0.00245 e. The van der Waals surface area contributed by atoms with E-state index in [1.54, 1.807) is 0 Å². The lowest BCUT2D eigenvalue weighted by Gasteiger charge is -2.41. The molecule has 0 aromatic rings. The van der Waals surface area contributed by atoms with Crippen LogP contribution in [-0.4, -0.2) is 24.5 Å². The molecule has 0 aromatic heterocycles. The molecule has 90 valence electrons. The lowest BCUT2D eigenvalue weighted by atomic mass is 9.88. The van der Waals surface area contributed by atoms with Crippen molar-refractivity contribution in [2.45, 2.75) is 59.3 Å². The number of rotatable bonds is 8. The first-order valence-electron chi connectivity index (χ1n) is 6.96. The minimum atomic E-state index is 0.894. The van der Waals surface area contributed by atoms with Crippen molar-refractivity contribution in [2.75, 3.05) is 19.6 Å². The summed E-state index contributed by atoms with van der Waals surface area (Å²) in [6.07, 6.45) is 8.57. The van der Waals surface area contributed by atoms with Crippen molar-refractivity contribution >= 4 is 0 Å². The third-order valence-corrected chi connectivity index (χ3v) is 3.76. The van der Waals surface area contributed by atoms with E-state index >= 15 is 0 Å². The van der Waals surface area contributed by atoms with Gasteiger partial charge in [0.25, 0.3) is 0 Å². The molecule has 0 atom stereocenters. The first-order valence-corrected chi connectivity index (χ1v) is 6.96. The van der Waals surface area contributed by atoms with Crippen molar-refractivity contribution in [3.63, 3.8) is 0 Å². The Morgan fingerprint density at radius 3 is 2.20 bits per heavy atom. The Morgan fingerprint density at radius 1 is 1.00 bits per heavy atom. The smallest absolute Gasteiger partial charge is 0.00245 e. The van der Waals surface area contributed by atoms with E-state index in [-0.39, 0.29) is 0 Å². The molecule has 0 bridgehead atoms. The van der Waals surface area contributed by atoms with Crippen LogP contribution in [0.2, 0.25) is 0 Å². The van der Waals surface area contributed by atoms with Gasteiger partial charge in [-0.1, -0.05) is 52.9 Å².